The first kappa shape index (κ1) is 20.7. The topological polar surface area (TPSA) is 32.3 Å². The Hall–Kier alpha value is -3.14. The van der Waals surface area contributed by atoms with Crippen molar-refractivity contribution < 1.29 is 0 Å². The Balaban J connectivity index is 1.82. The van der Waals surface area contributed by atoms with E-state index in [2.05, 4.69) is 104 Å². The predicted molar refractivity (Wildman–Crippen MR) is 133 cm³/mol. The zero-order valence-electron chi connectivity index (χ0n) is 19.5. The summed E-state index contributed by atoms with van der Waals surface area (Å²) in [6, 6.07) is 19.5. The zero-order chi connectivity index (χ0) is 22.3. The molecule has 4 nitrogen and oxygen atoms in total. The van der Waals surface area contributed by atoms with Crippen LogP contribution in [0.25, 0.3) is 0 Å². The Labute approximate surface area is 191 Å². The third-order valence-electron chi connectivity index (χ3n) is 7.25. The molecule has 4 heteroatoms. The van der Waals surface area contributed by atoms with Gasteiger partial charge in [-0.2, -0.15) is 0 Å². The monoisotopic (exact) mass is 424 g/mol. The molecule has 2 aliphatic heterocycles. The first-order valence-electron chi connectivity index (χ1n) is 12.0. The van der Waals surface area contributed by atoms with E-state index in [-0.39, 0.29) is 11.6 Å². The predicted octanol–water partition coefficient (Wildman–Crippen LogP) is 6.84. The fourth-order valence-corrected chi connectivity index (χ4v) is 5.36. The lowest BCUT2D eigenvalue weighted by Gasteiger charge is -2.32. The minimum absolute atomic E-state index is 0.00494. The molecule has 5 rings (SSSR count). The number of para-hydroxylation sites is 2. The van der Waals surface area contributed by atoms with Crippen LogP contribution in [-0.4, -0.2) is 16.1 Å². The number of nitrogens with zero attached hydrogens (tertiary/aromatic N) is 4. The van der Waals surface area contributed by atoms with E-state index < -0.39 is 0 Å². The summed E-state index contributed by atoms with van der Waals surface area (Å²) in [6.45, 7) is 8.94. The maximum absolute atomic E-state index is 5.23. The lowest BCUT2D eigenvalue weighted by molar-refractivity contribution is 0.499. The van der Waals surface area contributed by atoms with Crippen molar-refractivity contribution in [3.63, 3.8) is 0 Å². The average molecular weight is 425 g/mol. The maximum atomic E-state index is 5.23. The molecular weight excluding hydrogens is 392 g/mol. The number of fused-ring (bicyclic) bond motifs is 5. The first-order chi connectivity index (χ1) is 15.7. The minimum atomic E-state index is 0.00494. The summed E-state index contributed by atoms with van der Waals surface area (Å²) in [4.78, 5) is 15.2. The second-order valence-corrected chi connectivity index (χ2v) is 8.70. The van der Waals surface area contributed by atoms with Crippen molar-refractivity contribution >= 4 is 23.0 Å². The fraction of sp³-hybridized carbons (Fsp3) is 0.357. The third-order valence-corrected chi connectivity index (χ3v) is 7.25. The Morgan fingerprint density at radius 3 is 1.97 bits per heavy atom. The highest BCUT2D eigenvalue weighted by Gasteiger charge is 2.44. The fourth-order valence-electron chi connectivity index (χ4n) is 5.36. The molecular formula is C28H32N4. The van der Waals surface area contributed by atoms with Crippen LogP contribution in [0.3, 0.4) is 0 Å². The molecule has 1 unspecified atom stereocenters. The lowest BCUT2D eigenvalue weighted by Crippen LogP contribution is -2.36. The van der Waals surface area contributed by atoms with E-state index in [1.807, 2.05) is 0 Å². The second-order valence-electron chi connectivity index (χ2n) is 8.70. The summed E-state index contributed by atoms with van der Waals surface area (Å²) in [5.74, 6) is 1.92. The van der Waals surface area contributed by atoms with E-state index in [4.69, 9.17) is 9.97 Å². The number of allylic oxidation sites excluding steroid dienone is 1. The molecule has 1 aromatic heterocycles. The van der Waals surface area contributed by atoms with Gasteiger partial charge in [-0.1, -0.05) is 70.2 Å². The van der Waals surface area contributed by atoms with Gasteiger partial charge >= 0.3 is 0 Å². The van der Waals surface area contributed by atoms with Gasteiger partial charge in [0, 0.05) is 16.8 Å². The molecule has 164 valence electrons. The van der Waals surface area contributed by atoms with Crippen molar-refractivity contribution in [3.8, 4) is 0 Å². The summed E-state index contributed by atoms with van der Waals surface area (Å²) in [7, 11) is 0. The third kappa shape index (κ3) is 2.96. The molecule has 2 aliphatic rings. The van der Waals surface area contributed by atoms with E-state index in [0.29, 0.717) is 0 Å². The Bertz CT molecular complexity index is 1150. The number of hydrogen-bond donors (Lipinski definition) is 0. The van der Waals surface area contributed by atoms with Crippen molar-refractivity contribution in [2.75, 3.05) is 9.80 Å². The quantitative estimate of drug-likeness (QED) is 0.420. The zero-order valence-corrected chi connectivity index (χ0v) is 19.5. The first-order valence-corrected chi connectivity index (χ1v) is 12.0. The molecule has 0 saturated heterocycles. The van der Waals surface area contributed by atoms with E-state index >= 15 is 0 Å². The van der Waals surface area contributed by atoms with Crippen molar-refractivity contribution in [2.45, 2.75) is 65.0 Å². The highest BCUT2D eigenvalue weighted by Crippen LogP contribution is 2.51. The summed E-state index contributed by atoms with van der Waals surface area (Å²) in [5.41, 5.74) is 5.98. The average Bonchev–Trinajstić information content (AvgIpc) is 3.09. The van der Waals surface area contributed by atoms with Gasteiger partial charge in [0.15, 0.2) is 11.6 Å². The van der Waals surface area contributed by atoms with Gasteiger partial charge in [0.05, 0.1) is 11.4 Å². The van der Waals surface area contributed by atoms with Crippen LogP contribution in [0.4, 0.5) is 23.0 Å². The lowest BCUT2D eigenvalue weighted by atomic mass is 9.75. The van der Waals surface area contributed by atoms with Gasteiger partial charge in [-0.15, -0.1) is 0 Å². The van der Waals surface area contributed by atoms with E-state index in [1.54, 1.807) is 0 Å². The van der Waals surface area contributed by atoms with E-state index in [0.717, 1.165) is 54.4 Å². The van der Waals surface area contributed by atoms with Crippen molar-refractivity contribution in [3.05, 3.63) is 83.7 Å². The van der Waals surface area contributed by atoms with Gasteiger partial charge in [0.25, 0.3) is 0 Å². The van der Waals surface area contributed by atoms with E-state index in [1.165, 1.54) is 11.3 Å². The molecule has 0 spiro atoms. The number of anilines is 4. The van der Waals surface area contributed by atoms with Crippen LogP contribution in [0.1, 0.15) is 57.5 Å². The molecule has 1 atom stereocenters. The summed E-state index contributed by atoms with van der Waals surface area (Å²) < 4.78 is 0. The van der Waals surface area contributed by atoms with Gasteiger partial charge in [-0.05, 0) is 55.5 Å². The second kappa shape index (κ2) is 8.09. The number of benzene rings is 2. The van der Waals surface area contributed by atoms with Gasteiger partial charge in [-0.3, -0.25) is 9.80 Å². The molecule has 0 fully saturated rings. The summed E-state index contributed by atoms with van der Waals surface area (Å²) in [5, 5.41) is 0. The Kier molecular flexibility index (Phi) is 5.24. The molecule has 0 bridgehead atoms. The number of aryl methyl sites for hydroxylation is 2. The number of rotatable bonds is 5. The minimum Gasteiger partial charge on any atom is -0.298 e. The smallest absolute Gasteiger partial charge is 0.179 e. The molecule has 0 N–H and O–H groups in total. The number of aromatic nitrogens is 2. The molecule has 0 radical (unpaired) electrons. The van der Waals surface area contributed by atoms with Crippen LogP contribution < -0.4 is 9.80 Å². The standard InChI is InChI=1S/C28H32N4/c1-5-22-23(6-2)30-27-26(29-22)31(20-14-10-9-11-15-20)25-18-19-28(7-3,8-4)21-16-12-13-17-24(21)32(25)27/h9-19,25H,5-8H2,1-4H3. The number of hydrogen-bond acceptors (Lipinski definition) is 4. The van der Waals surface area contributed by atoms with Crippen LogP contribution in [0, 0.1) is 0 Å². The van der Waals surface area contributed by atoms with Crippen LogP contribution >= 0.6 is 0 Å². The molecule has 3 aromatic rings. The largest absolute Gasteiger partial charge is 0.298 e. The highest BCUT2D eigenvalue weighted by atomic mass is 15.5. The maximum Gasteiger partial charge on any atom is 0.179 e. The molecule has 32 heavy (non-hydrogen) atoms. The van der Waals surface area contributed by atoms with Gasteiger partial charge < -0.3 is 0 Å². The molecule has 3 heterocycles. The molecule has 2 aromatic carbocycles. The SMILES string of the molecule is CCc1nc2c(nc1CC)N1c3ccccc3C(CC)(CC)C=CC1N2c1ccccc1. The van der Waals surface area contributed by atoms with Crippen molar-refractivity contribution in [1.82, 2.24) is 9.97 Å². The van der Waals surface area contributed by atoms with Crippen LogP contribution in [-0.2, 0) is 18.3 Å². The van der Waals surface area contributed by atoms with Gasteiger partial charge in [0.1, 0.15) is 6.17 Å². The molecule has 0 aliphatic carbocycles. The van der Waals surface area contributed by atoms with Crippen molar-refractivity contribution in [2.24, 2.45) is 0 Å². The Morgan fingerprint density at radius 1 is 0.750 bits per heavy atom. The van der Waals surface area contributed by atoms with Crippen LogP contribution in [0.15, 0.2) is 66.7 Å². The highest BCUT2D eigenvalue weighted by molar-refractivity contribution is 5.86. The summed E-state index contributed by atoms with van der Waals surface area (Å²) in [6.07, 6.45) is 8.73. The van der Waals surface area contributed by atoms with Crippen LogP contribution in [0.5, 0.6) is 0 Å². The van der Waals surface area contributed by atoms with Crippen LogP contribution in [0.2, 0.25) is 0 Å². The van der Waals surface area contributed by atoms with Gasteiger partial charge in [-0.25, -0.2) is 9.97 Å². The van der Waals surface area contributed by atoms with E-state index in [9.17, 15) is 0 Å². The van der Waals surface area contributed by atoms with Crippen molar-refractivity contribution in [1.29, 1.82) is 0 Å². The normalized spacial score (nSPS) is 18.2. The van der Waals surface area contributed by atoms with Gasteiger partial charge in [0.2, 0.25) is 0 Å². The molecule has 0 amide bonds. The summed E-state index contributed by atoms with van der Waals surface area (Å²) >= 11 is 0. The molecule has 0 saturated carbocycles. The Morgan fingerprint density at radius 2 is 1.34 bits per heavy atom.